The molecule has 0 heterocycles. The SMILES string of the molecule is C=C/C(F)=C\N=CCCCCCCCCC. The molecule has 0 aromatic heterocycles. The lowest BCUT2D eigenvalue weighted by Gasteiger charge is -1.98. The minimum atomic E-state index is -0.379. The first kappa shape index (κ1) is 15.1. The number of unbranched alkanes of at least 4 members (excludes halogenated alkanes) is 7. The number of rotatable bonds is 10. The number of allylic oxidation sites excluding steroid dienone is 2. The number of hydrogen-bond donors (Lipinski definition) is 0. The summed E-state index contributed by atoms with van der Waals surface area (Å²) >= 11 is 0. The van der Waals surface area contributed by atoms with Gasteiger partial charge in [0.2, 0.25) is 0 Å². The summed E-state index contributed by atoms with van der Waals surface area (Å²) in [5.41, 5.74) is 0. The molecule has 0 saturated carbocycles. The van der Waals surface area contributed by atoms with Gasteiger partial charge in [-0.05, 0) is 18.9 Å². The third-order valence-electron chi connectivity index (χ3n) is 2.44. The Hall–Kier alpha value is -0.920. The molecule has 0 spiro atoms. The Morgan fingerprint density at radius 3 is 2.38 bits per heavy atom. The molecule has 16 heavy (non-hydrogen) atoms. The summed E-state index contributed by atoms with van der Waals surface area (Å²) < 4.78 is 12.5. The largest absolute Gasteiger partial charge is 0.266 e. The highest BCUT2D eigenvalue weighted by atomic mass is 19.1. The van der Waals surface area contributed by atoms with Gasteiger partial charge in [0.05, 0.1) is 6.20 Å². The van der Waals surface area contributed by atoms with Crippen molar-refractivity contribution < 1.29 is 4.39 Å². The van der Waals surface area contributed by atoms with Crippen molar-refractivity contribution in [3.63, 3.8) is 0 Å². The second-order valence-electron chi connectivity index (χ2n) is 3.96. The molecular weight excluding hydrogens is 201 g/mol. The third-order valence-corrected chi connectivity index (χ3v) is 2.44. The first-order valence-corrected chi connectivity index (χ1v) is 6.31. The van der Waals surface area contributed by atoms with E-state index in [0.29, 0.717) is 0 Å². The molecule has 0 aromatic rings. The minimum absolute atomic E-state index is 0.379. The zero-order valence-corrected chi connectivity index (χ0v) is 10.4. The Balaban J connectivity index is 3.23. The van der Waals surface area contributed by atoms with Crippen molar-refractivity contribution in [2.75, 3.05) is 0 Å². The van der Waals surface area contributed by atoms with Gasteiger partial charge in [-0.15, -0.1) is 0 Å². The van der Waals surface area contributed by atoms with Gasteiger partial charge < -0.3 is 0 Å². The van der Waals surface area contributed by atoms with Crippen LogP contribution in [0, 0.1) is 0 Å². The summed E-state index contributed by atoms with van der Waals surface area (Å²) in [7, 11) is 0. The first-order valence-electron chi connectivity index (χ1n) is 6.31. The van der Waals surface area contributed by atoms with Crippen LogP contribution in [0.2, 0.25) is 0 Å². The number of hydrogen-bond acceptors (Lipinski definition) is 1. The van der Waals surface area contributed by atoms with E-state index in [1.807, 2.05) is 0 Å². The maximum absolute atomic E-state index is 12.5. The van der Waals surface area contributed by atoms with Gasteiger partial charge in [0.15, 0.2) is 0 Å². The van der Waals surface area contributed by atoms with E-state index < -0.39 is 0 Å². The van der Waals surface area contributed by atoms with Gasteiger partial charge in [-0.1, -0.05) is 52.0 Å². The lowest BCUT2D eigenvalue weighted by Crippen LogP contribution is -1.81. The molecule has 0 saturated heterocycles. The average Bonchev–Trinajstić information content (AvgIpc) is 2.31. The van der Waals surface area contributed by atoms with Crippen molar-refractivity contribution in [3.8, 4) is 0 Å². The first-order chi connectivity index (χ1) is 7.81. The van der Waals surface area contributed by atoms with E-state index in [-0.39, 0.29) is 5.83 Å². The quantitative estimate of drug-likeness (QED) is 0.275. The Kier molecular flexibility index (Phi) is 11.5. The highest BCUT2D eigenvalue weighted by molar-refractivity contribution is 5.58. The Labute approximate surface area is 99.2 Å². The van der Waals surface area contributed by atoms with Gasteiger partial charge in [0, 0.05) is 6.21 Å². The molecule has 0 aliphatic rings. The summed E-state index contributed by atoms with van der Waals surface area (Å²) in [6.07, 6.45) is 14.1. The van der Waals surface area contributed by atoms with Crippen molar-refractivity contribution in [3.05, 3.63) is 24.7 Å². The van der Waals surface area contributed by atoms with Crippen LogP contribution >= 0.6 is 0 Å². The van der Waals surface area contributed by atoms with Crippen molar-refractivity contribution in [2.45, 2.75) is 58.3 Å². The fourth-order valence-corrected chi connectivity index (χ4v) is 1.44. The van der Waals surface area contributed by atoms with Crippen molar-refractivity contribution in [1.29, 1.82) is 0 Å². The normalized spacial score (nSPS) is 12.2. The topological polar surface area (TPSA) is 12.4 Å². The molecule has 0 rings (SSSR count). The molecule has 0 bridgehead atoms. The molecular formula is C14H24FN. The van der Waals surface area contributed by atoms with Crippen LogP contribution in [0.5, 0.6) is 0 Å². The minimum Gasteiger partial charge on any atom is -0.266 e. The van der Waals surface area contributed by atoms with Crippen molar-refractivity contribution >= 4 is 6.21 Å². The standard InChI is InChI=1S/C14H24FN/c1-3-5-6-7-8-9-10-11-12-16-13-14(15)4-2/h4,12-13H,2-3,5-11H2,1H3/b14-13+,16-12?. The maximum Gasteiger partial charge on any atom is 0.140 e. The number of halogens is 1. The van der Waals surface area contributed by atoms with Crippen LogP contribution in [0.1, 0.15) is 58.3 Å². The summed E-state index contributed by atoms with van der Waals surface area (Å²) in [5.74, 6) is -0.379. The molecule has 0 amide bonds. The van der Waals surface area contributed by atoms with Crippen LogP contribution in [-0.4, -0.2) is 6.21 Å². The second-order valence-corrected chi connectivity index (χ2v) is 3.96. The van der Waals surface area contributed by atoms with Gasteiger partial charge >= 0.3 is 0 Å². The van der Waals surface area contributed by atoms with Gasteiger partial charge in [-0.25, -0.2) is 4.39 Å². The molecule has 92 valence electrons. The van der Waals surface area contributed by atoms with E-state index in [9.17, 15) is 4.39 Å². The number of aliphatic imine (C=N–C) groups is 1. The third kappa shape index (κ3) is 11.2. The van der Waals surface area contributed by atoms with Gasteiger partial charge in [0.25, 0.3) is 0 Å². The molecule has 0 aliphatic carbocycles. The molecule has 0 unspecified atom stereocenters. The second kappa shape index (κ2) is 12.2. The molecule has 0 fully saturated rings. The lowest BCUT2D eigenvalue weighted by atomic mass is 10.1. The predicted octanol–water partition coefficient (Wildman–Crippen LogP) is 5.19. The molecule has 0 aliphatic heterocycles. The molecule has 2 heteroatoms. The molecule has 0 aromatic carbocycles. The van der Waals surface area contributed by atoms with Crippen LogP contribution in [0.25, 0.3) is 0 Å². The van der Waals surface area contributed by atoms with Crippen molar-refractivity contribution in [2.24, 2.45) is 4.99 Å². The zero-order valence-electron chi connectivity index (χ0n) is 10.4. The maximum atomic E-state index is 12.5. The molecule has 1 nitrogen and oxygen atoms in total. The van der Waals surface area contributed by atoms with E-state index in [1.165, 1.54) is 44.7 Å². The van der Waals surface area contributed by atoms with E-state index >= 15 is 0 Å². The van der Waals surface area contributed by atoms with Crippen LogP contribution in [0.15, 0.2) is 29.7 Å². The zero-order chi connectivity index (χ0) is 12.1. The Morgan fingerprint density at radius 1 is 1.12 bits per heavy atom. The lowest BCUT2D eigenvalue weighted by molar-refractivity contribution is 0.596. The fraction of sp³-hybridized carbons (Fsp3) is 0.643. The van der Waals surface area contributed by atoms with Crippen LogP contribution in [0.3, 0.4) is 0 Å². The predicted molar refractivity (Wildman–Crippen MR) is 70.5 cm³/mol. The monoisotopic (exact) mass is 225 g/mol. The Bertz CT molecular complexity index is 219. The highest BCUT2D eigenvalue weighted by Crippen LogP contribution is 2.07. The summed E-state index contributed by atoms with van der Waals surface area (Å²) in [6.45, 7) is 5.54. The summed E-state index contributed by atoms with van der Waals surface area (Å²) in [6, 6.07) is 0. The van der Waals surface area contributed by atoms with Gasteiger partial charge in [0.1, 0.15) is 5.83 Å². The van der Waals surface area contributed by atoms with E-state index in [2.05, 4.69) is 18.5 Å². The van der Waals surface area contributed by atoms with Crippen LogP contribution in [-0.2, 0) is 0 Å². The summed E-state index contributed by atoms with van der Waals surface area (Å²) in [4.78, 5) is 3.86. The summed E-state index contributed by atoms with van der Waals surface area (Å²) in [5, 5.41) is 0. The van der Waals surface area contributed by atoms with Crippen LogP contribution in [0.4, 0.5) is 4.39 Å². The van der Waals surface area contributed by atoms with Gasteiger partial charge in [-0.2, -0.15) is 0 Å². The van der Waals surface area contributed by atoms with Crippen molar-refractivity contribution in [1.82, 2.24) is 0 Å². The molecule has 0 radical (unpaired) electrons. The van der Waals surface area contributed by atoms with E-state index in [4.69, 9.17) is 0 Å². The Morgan fingerprint density at radius 2 is 1.75 bits per heavy atom. The van der Waals surface area contributed by atoms with Gasteiger partial charge in [-0.3, -0.25) is 4.99 Å². The van der Waals surface area contributed by atoms with Crippen LogP contribution < -0.4 is 0 Å². The number of nitrogens with zero attached hydrogens (tertiary/aromatic N) is 1. The molecule has 0 N–H and O–H groups in total. The average molecular weight is 225 g/mol. The highest BCUT2D eigenvalue weighted by Gasteiger charge is 1.89. The smallest absolute Gasteiger partial charge is 0.140 e. The molecule has 0 atom stereocenters. The fourth-order valence-electron chi connectivity index (χ4n) is 1.44. The van der Waals surface area contributed by atoms with E-state index in [0.717, 1.165) is 18.9 Å². The van der Waals surface area contributed by atoms with E-state index in [1.54, 1.807) is 6.21 Å².